The van der Waals surface area contributed by atoms with Crippen LogP contribution in [0.1, 0.15) is 12.8 Å². The summed E-state index contributed by atoms with van der Waals surface area (Å²) >= 11 is 1.60. The molecule has 1 amide bonds. The van der Waals surface area contributed by atoms with E-state index in [1.807, 2.05) is 29.6 Å². The molecule has 0 bridgehead atoms. The van der Waals surface area contributed by atoms with Crippen molar-refractivity contribution in [3.05, 3.63) is 35.8 Å². The number of carbonyl (C=O) groups excluding carboxylic acids is 1. The van der Waals surface area contributed by atoms with Crippen LogP contribution in [-0.4, -0.2) is 24.0 Å². The largest absolute Gasteiger partial charge is 0.326 e. The Kier molecular flexibility index (Phi) is 5.73. The van der Waals surface area contributed by atoms with Crippen LogP contribution in [0.25, 0.3) is 10.6 Å². The minimum Gasteiger partial charge on any atom is -0.326 e. The quantitative estimate of drug-likeness (QED) is 0.912. The van der Waals surface area contributed by atoms with Crippen LogP contribution >= 0.6 is 23.7 Å². The number of carbonyl (C=O) groups is 1. The molecule has 0 unspecified atom stereocenters. The van der Waals surface area contributed by atoms with Gasteiger partial charge in [-0.15, -0.1) is 23.7 Å². The Morgan fingerprint density at radius 3 is 2.86 bits per heavy atom. The Hall–Kier alpha value is -1.43. The molecule has 2 aromatic rings. The number of rotatable bonds is 3. The van der Waals surface area contributed by atoms with Crippen molar-refractivity contribution in [3.63, 3.8) is 0 Å². The lowest BCUT2D eigenvalue weighted by Crippen LogP contribution is -2.34. The van der Waals surface area contributed by atoms with Gasteiger partial charge in [-0.05, 0) is 38.1 Å². The molecule has 112 valence electrons. The van der Waals surface area contributed by atoms with Gasteiger partial charge in [-0.1, -0.05) is 12.1 Å². The van der Waals surface area contributed by atoms with Gasteiger partial charge in [-0.3, -0.25) is 4.79 Å². The summed E-state index contributed by atoms with van der Waals surface area (Å²) in [5.74, 6) is 0.252. The second-order valence-electron chi connectivity index (χ2n) is 4.93. The molecule has 21 heavy (non-hydrogen) atoms. The lowest BCUT2D eigenvalue weighted by Gasteiger charge is -2.21. The summed E-state index contributed by atoms with van der Waals surface area (Å²) in [6.07, 6.45) is 3.62. The van der Waals surface area contributed by atoms with E-state index in [0.29, 0.717) is 0 Å². The van der Waals surface area contributed by atoms with E-state index in [-0.39, 0.29) is 24.2 Å². The van der Waals surface area contributed by atoms with Crippen molar-refractivity contribution in [2.24, 2.45) is 5.92 Å². The van der Waals surface area contributed by atoms with Crippen molar-refractivity contribution in [3.8, 4) is 10.6 Å². The molecule has 1 fully saturated rings. The maximum absolute atomic E-state index is 12.2. The molecule has 0 spiro atoms. The Balaban J connectivity index is 0.00000161. The fourth-order valence-electron chi connectivity index (χ4n) is 2.42. The van der Waals surface area contributed by atoms with Crippen LogP contribution in [-0.2, 0) is 4.79 Å². The van der Waals surface area contributed by atoms with Crippen molar-refractivity contribution in [2.75, 3.05) is 18.4 Å². The number of thiazole rings is 1. The predicted molar refractivity (Wildman–Crippen MR) is 89.0 cm³/mol. The van der Waals surface area contributed by atoms with Crippen molar-refractivity contribution in [1.29, 1.82) is 0 Å². The number of nitrogens with one attached hydrogen (secondary N) is 2. The average Bonchev–Trinajstić information content (AvgIpc) is 3.03. The van der Waals surface area contributed by atoms with Crippen molar-refractivity contribution < 1.29 is 4.79 Å². The van der Waals surface area contributed by atoms with Crippen LogP contribution in [0.3, 0.4) is 0 Å². The first kappa shape index (κ1) is 15.9. The molecule has 0 aliphatic carbocycles. The van der Waals surface area contributed by atoms with Gasteiger partial charge < -0.3 is 10.6 Å². The highest BCUT2D eigenvalue weighted by atomic mass is 35.5. The van der Waals surface area contributed by atoms with E-state index in [2.05, 4.69) is 15.6 Å². The zero-order valence-electron chi connectivity index (χ0n) is 11.5. The second kappa shape index (κ2) is 7.54. The number of aromatic nitrogens is 1. The van der Waals surface area contributed by atoms with Gasteiger partial charge in [0.2, 0.25) is 5.91 Å². The van der Waals surface area contributed by atoms with Crippen LogP contribution in [0.15, 0.2) is 35.8 Å². The van der Waals surface area contributed by atoms with Crippen molar-refractivity contribution in [1.82, 2.24) is 10.3 Å². The first-order valence-electron chi connectivity index (χ1n) is 6.84. The van der Waals surface area contributed by atoms with Gasteiger partial charge in [0, 0.05) is 28.7 Å². The van der Waals surface area contributed by atoms with E-state index in [1.54, 1.807) is 17.5 Å². The highest BCUT2D eigenvalue weighted by Gasteiger charge is 2.20. The molecule has 4 nitrogen and oxygen atoms in total. The number of hydrogen-bond acceptors (Lipinski definition) is 4. The highest BCUT2D eigenvalue weighted by Crippen LogP contribution is 2.25. The van der Waals surface area contributed by atoms with Gasteiger partial charge in [0.15, 0.2) is 0 Å². The summed E-state index contributed by atoms with van der Waals surface area (Å²) < 4.78 is 0. The molecule has 2 N–H and O–H groups in total. The first-order valence-corrected chi connectivity index (χ1v) is 7.72. The van der Waals surface area contributed by atoms with Gasteiger partial charge in [-0.25, -0.2) is 4.98 Å². The molecule has 1 aliphatic rings. The minimum absolute atomic E-state index is 0. The molecule has 3 rings (SSSR count). The fourth-order valence-corrected chi connectivity index (χ4v) is 3.06. The third kappa shape index (κ3) is 4.03. The number of anilines is 1. The van der Waals surface area contributed by atoms with Crippen LogP contribution < -0.4 is 10.6 Å². The summed E-state index contributed by atoms with van der Waals surface area (Å²) in [6.45, 7) is 1.86. The number of nitrogens with zero attached hydrogens (tertiary/aromatic N) is 1. The molecule has 2 heterocycles. The Morgan fingerprint density at radius 2 is 2.14 bits per heavy atom. The number of benzene rings is 1. The van der Waals surface area contributed by atoms with E-state index in [0.717, 1.165) is 42.2 Å². The lowest BCUT2D eigenvalue weighted by molar-refractivity contribution is -0.120. The third-order valence-corrected chi connectivity index (χ3v) is 4.34. The van der Waals surface area contributed by atoms with Gasteiger partial charge in [-0.2, -0.15) is 0 Å². The maximum Gasteiger partial charge on any atom is 0.227 e. The van der Waals surface area contributed by atoms with Crippen LogP contribution in [0, 0.1) is 5.92 Å². The summed E-state index contributed by atoms with van der Waals surface area (Å²) in [7, 11) is 0. The molecule has 6 heteroatoms. The normalized spacial score (nSPS) is 15.2. The Bertz CT molecular complexity index is 582. The third-order valence-electron chi connectivity index (χ3n) is 3.52. The second-order valence-corrected chi connectivity index (χ2v) is 5.83. The van der Waals surface area contributed by atoms with E-state index < -0.39 is 0 Å². The van der Waals surface area contributed by atoms with Gasteiger partial charge in [0.05, 0.1) is 0 Å². The highest BCUT2D eigenvalue weighted by molar-refractivity contribution is 7.13. The zero-order valence-corrected chi connectivity index (χ0v) is 13.2. The monoisotopic (exact) mass is 323 g/mol. The number of hydrogen-bond donors (Lipinski definition) is 2. The van der Waals surface area contributed by atoms with Gasteiger partial charge >= 0.3 is 0 Å². The van der Waals surface area contributed by atoms with Gasteiger partial charge in [0.25, 0.3) is 0 Å². The van der Waals surface area contributed by atoms with Gasteiger partial charge in [0.1, 0.15) is 5.01 Å². The molecule has 1 aliphatic heterocycles. The van der Waals surface area contributed by atoms with Crippen molar-refractivity contribution in [2.45, 2.75) is 12.8 Å². The molecule has 1 saturated heterocycles. The van der Waals surface area contributed by atoms with E-state index in [9.17, 15) is 4.79 Å². The molecule has 0 saturated carbocycles. The topological polar surface area (TPSA) is 54.0 Å². The van der Waals surface area contributed by atoms with E-state index in [1.165, 1.54) is 0 Å². The maximum atomic E-state index is 12.2. The number of amides is 1. The SMILES string of the molecule is Cl.O=C(Nc1cccc(-c2nccs2)c1)C1CCNCC1. The van der Waals surface area contributed by atoms with Crippen molar-refractivity contribution >= 4 is 35.3 Å². The van der Waals surface area contributed by atoms with E-state index >= 15 is 0 Å². The minimum atomic E-state index is 0. The van der Waals surface area contributed by atoms with Crippen LogP contribution in [0.2, 0.25) is 0 Å². The van der Waals surface area contributed by atoms with Crippen LogP contribution in [0.4, 0.5) is 5.69 Å². The smallest absolute Gasteiger partial charge is 0.227 e. The zero-order chi connectivity index (χ0) is 13.8. The fraction of sp³-hybridized carbons (Fsp3) is 0.333. The molecular formula is C15H18ClN3OS. The summed E-state index contributed by atoms with van der Waals surface area (Å²) in [4.78, 5) is 16.5. The summed E-state index contributed by atoms with van der Waals surface area (Å²) in [5.41, 5.74) is 1.89. The standard InChI is InChI=1S/C15H17N3OS.ClH/c19-14(11-4-6-16-7-5-11)18-13-3-1-2-12(10-13)15-17-8-9-20-15;/h1-3,8-11,16H,4-7H2,(H,18,19);1H. The lowest BCUT2D eigenvalue weighted by atomic mass is 9.97. The Labute approximate surface area is 134 Å². The summed E-state index contributed by atoms with van der Waals surface area (Å²) in [5, 5.41) is 9.23. The molecular weight excluding hydrogens is 306 g/mol. The van der Waals surface area contributed by atoms with Crippen LogP contribution in [0.5, 0.6) is 0 Å². The van der Waals surface area contributed by atoms with E-state index in [4.69, 9.17) is 0 Å². The molecule has 0 radical (unpaired) electrons. The molecule has 1 aromatic carbocycles. The molecule has 1 aromatic heterocycles. The molecule has 0 atom stereocenters. The Morgan fingerprint density at radius 1 is 1.33 bits per heavy atom. The summed E-state index contributed by atoms with van der Waals surface area (Å²) in [6, 6.07) is 7.88. The average molecular weight is 324 g/mol. The first-order chi connectivity index (χ1) is 9.83. The number of halogens is 1. The number of piperidine rings is 1. The predicted octanol–water partition coefficient (Wildman–Crippen LogP) is 3.17.